The van der Waals surface area contributed by atoms with Crippen molar-refractivity contribution in [1.29, 1.82) is 0 Å². The molecule has 0 aliphatic carbocycles. The summed E-state index contributed by atoms with van der Waals surface area (Å²) in [5.74, 6) is -0.228. The molecule has 2 aromatic carbocycles. The van der Waals surface area contributed by atoms with Gasteiger partial charge in [-0.3, -0.25) is 0 Å². The van der Waals surface area contributed by atoms with E-state index in [0.29, 0.717) is 19.1 Å². The first-order chi connectivity index (χ1) is 13.1. The molecule has 3 aromatic rings. The van der Waals surface area contributed by atoms with Crippen LogP contribution in [0.5, 0.6) is 0 Å². The third-order valence-corrected chi connectivity index (χ3v) is 5.43. The normalized spacial score (nSPS) is 15.3. The van der Waals surface area contributed by atoms with Crippen LogP contribution in [0.2, 0.25) is 0 Å². The molecule has 0 atom stereocenters. The van der Waals surface area contributed by atoms with Crippen molar-refractivity contribution < 1.29 is 13.9 Å². The Bertz CT molecular complexity index is 970. The van der Waals surface area contributed by atoms with Crippen molar-refractivity contribution in [1.82, 2.24) is 9.47 Å². The van der Waals surface area contributed by atoms with Gasteiger partial charge in [-0.2, -0.15) is 0 Å². The molecule has 0 spiro atoms. The fraction of sp³-hybridized carbons (Fsp3) is 0.318. The van der Waals surface area contributed by atoms with Gasteiger partial charge in [0, 0.05) is 41.8 Å². The molecule has 2 heterocycles. The maximum absolute atomic E-state index is 13.4. The molecule has 4 rings (SSSR count). The monoisotopic (exact) mass is 366 g/mol. The van der Waals surface area contributed by atoms with Gasteiger partial charge in [0.1, 0.15) is 5.82 Å². The van der Waals surface area contributed by atoms with Gasteiger partial charge in [0.25, 0.3) is 0 Å². The van der Waals surface area contributed by atoms with E-state index in [9.17, 15) is 9.18 Å². The molecule has 1 aliphatic rings. The fourth-order valence-electron chi connectivity index (χ4n) is 3.99. The van der Waals surface area contributed by atoms with E-state index < -0.39 is 0 Å². The van der Waals surface area contributed by atoms with E-state index in [4.69, 9.17) is 4.74 Å². The van der Waals surface area contributed by atoms with E-state index in [1.54, 1.807) is 4.90 Å². The average molecular weight is 366 g/mol. The van der Waals surface area contributed by atoms with E-state index in [-0.39, 0.29) is 11.9 Å². The first-order valence-electron chi connectivity index (χ1n) is 9.27. The van der Waals surface area contributed by atoms with Crippen LogP contribution in [-0.2, 0) is 4.74 Å². The van der Waals surface area contributed by atoms with Gasteiger partial charge in [-0.15, -0.1) is 0 Å². The third-order valence-electron chi connectivity index (χ3n) is 5.43. The molecule has 1 amide bonds. The number of carbonyl (C=O) groups excluding carboxylic acids is 1. The molecule has 0 bridgehead atoms. The summed E-state index contributed by atoms with van der Waals surface area (Å²) in [6.45, 7) is 3.46. The maximum atomic E-state index is 13.4. The van der Waals surface area contributed by atoms with Crippen LogP contribution in [0, 0.1) is 12.7 Å². The molecule has 0 saturated carbocycles. The number of aryl methyl sites for hydroxylation is 1. The number of carbonyl (C=O) groups is 1. The number of amides is 1. The van der Waals surface area contributed by atoms with Crippen molar-refractivity contribution in [2.75, 3.05) is 20.2 Å². The summed E-state index contributed by atoms with van der Waals surface area (Å²) >= 11 is 0. The Kier molecular flexibility index (Phi) is 4.60. The van der Waals surface area contributed by atoms with Crippen molar-refractivity contribution in [2.24, 2.45) is 0 Å². The lowest BCUT2D eigenvalue weighted by Gasteiger charge is -2.32. The summed E-state index contributed by atoms with van der Waals surface area (Å²) in [5, 5.41) is 1.18. The van der Waals surface area contributed by atoms with Crippen molar-refractivity contribution in [2.45, 2.75) is 25.8 Å². The van der Waals surface area contributed by atoms with E-state index in [2.05, 4.69) is 35.9 Å². The Morgan fingerprint density at radius 3 is 2.48 bits per heavy atom. The van der Waals surface area contributed by atoms with Gasteiger partial charge < -0.3 is 14.2 Å². The molecule has 1 fully saturated rings. The molecule has 0 N–H and O–H groups in total. The van der Waals surface area contributed by atoms with Crippen molar-refractivity contribution in [3.8, 4) is 11.1 Å². The van der Waals surface area contributed by atoms with Gasteiger partial charge in [0.15, 0.2) is 0 Å². The molecule has 140 valence electrons. The van der Waals surface area contributed by atoms with Crippen LogP contribution in [0.3, 0.4) is 0 Å². The first kappa shape index (κ1) is 17.6. The smallest absolute Gasteiger partial charge is 0.409 e. The predicted molar refractivity (Wildman–Crippen MR) is 104 cm³/mol. The number of halogens is 1. The van der Waals surface area contributed by atoms with Crippen molar-refractivity contribution in [3.63, 3.8) is 0 Å². The highest BCUT2D eigenvalue weighted by Crippen LogP contribution is 2.36. The molecule has 4 nitrogen and oxygen atoms in total. The number of hydrogen-bond acceptors (Lipinski definition) is 2. The average Bonchev–Trinajstić information content (AvgIpc) is 3.06. The minimum atomic E-state index is -0.256. The number of methoxy groups -OCH3 is 1. The van der Waals surface area contributed by atoms with Crippen LogP contribution in [0.4, 0.5) is 9.18 Å². The van der Waals surface area contributed by atoms with Gasteiger partial charge >= 0.3 is 6.09 Å². The number of hydrogen-bond donors (Lipinski definition) is 0. The first-order valence-corrected chi connectivity index (χ1v) is 9.27. The van der Waals surface area contributed by atoms with E-state index in [0.717, 1.165) is 24.0 Å². The highest BCUT2D eigenvalue weighted by molar-refractivity contribution is 5.96. The molecule has 1 aromatic heterocycles. The van der Waals surface area contributed by atoms with Crippen molar-refractivity contribution in [3.05, 3.63) is 60.0 Å². The summed E-state index contributed by atoms with van der Waals surface area (Å²) in [6, 6.07) is 13.5. The summed E-state index contributed by atoms with van der Waals surface area (Å²) in [6.07, 6.45) is 3.69. The van der Waals surface area contributed by atoms with E-state index in [1.165, 1.54) is 35.7 Å². The zero-order valence-corrected chi connectivity index (χ0v) is 15.6. The lowest BCUT2D eigenvalue weighted by Crippen LogP contribution is -2.38. The van der Waals surface area contributed by atoms with Gasteiger partial charge in [-0.25, -0.2) is 9.18 Å². The number of likely N-dealkylation sites (tertiary alicyclic amines) is 1. The second kappa shape index (κ2) is 7.06. The zero-order valence-electron chi connectivity index (χ0n) is 15.6. The minimum absolute atomic E-state index is 0.228. The summed E-state index contributed by atoms with van der Waals surface area (Å²) in [5.41, 5.74) is 4.50. The Balaban J connectivity index is 1.72. The summed E-state index contributed by atoms with van der Waals surface area (Å²) < 4.78 is 20.5. The number of rotatable bonds is 2. The molecule has 1 saturated heterocycles. The number of benzene rings is 2. The molecular formula is C22H23FN2O2. The van der Waals surface area contributed by atoms with Crippen LogP contribution in [0.1, 0.15) is 24.4 Å². The number of fused-ring (bicyclic) bond motifs is 1. The second-order valence-electron chi connectivity index (χ2n) is 7.17. The van der Waals surface area contributed by atoms with Crippen LogP contribution >= 0.6 is 0 Å². The molecule has 5 heteroatoms. The van der Waals surface area contributed by atoms with Crippen LogP contribution in [-0.4, -0.2) is 35.8 Å². The van der Waals surface area contributed by atoms with E-state index in [1.807, 2.05) is 12.1 Å². The number of piperidine rings is 1. The number of nitrogens with zero attached hydrogens (tertiary/aromatic N) is 2. The van der Waals surface area contributed by atoms with Gasteiger partial charge in [-0.05, 0) is 49.6 Å². The Morgan fingerprint density at radius 1 is 1.11 bits per heavy atom. The predicted octanol–water partition coefficient (Wildman–Crippen LogP) is 5.16. The van der Waals surface area contributed by atoms with Crippen molar-refractivity contribution >= 4 is 17.0 Å². The lowest BCUT2D eigenvalue weighted by molar-refractivity contribution is 0.107. The Morgan fingerprint density at radius 2 is 1.81 bits per heavy atom. The van der Waals surface area contributed by atoms with Gasteiger partial charge in [-0.1, -0.05) is 23.8 Å². The van der Waals surface area contributed by atoms with E-state index >= 15 is 0 Å². The summed E-state index contributed by atoms with van der Waals surface area (Å²) in [4.78, 5) is 13.5. The molecule has 27 heavy (non-hydrogen) atoms. The van der Waals surface area contributed by atoms with Crippen LogP contribution < -0.4 is 0 Å². The number of aromatic nitrogens is 1. The topological polar surface area (TPSA) is 34.5 Å². The molecule has 0 unspecified atom stereocenters. The minimum Gasteiger partial charge on any atom is -0.453 e. The summed E-state index contributed by atoms with van der Waals surface area (Å²) in [7, 11) is 1.42. The third kappa shape index (κ3) is 3.29. The molecular weight excluding hydrogens is 343 g/mol. The standard InChI is InChI=1S/C22H23FN2O2/c1-15-3-8-21-19(13-15)20(16-4-6-17(23)7-5-16)14-25(21)18-9-11-24(12-10-18)22(26)27-2/h3-8,13-14,18H,9-12H2,1-2H3. The van der Waals surface area contributed by atoms with Crippen LogP contribution in [0.15, 0.2) is 48.7 Å². The Hall–Kier alpha value is -2.82. The largest absolute Gasteiger partial charge is 0.453 e. The SMILES string of the molecule is COC(=O)N1CCC(n2cc(-c3ccc(F)cc3)c3cc(C)ccc32)CC1. The highest BCUT2D eigenvalue weighted by Gasteiger charge is 2.25. The molecule has 1 aliphatic heterocycles. The maximum Gasteiger partial charge on any atom is 0.409 e. The Labute approximate surface area is 158 Å². The number of ether oxygens (including phenoxy) is 1. The quantitative estimate of drug-likeness (QED) is 0.628. The lowest BCUT2D eigenvalue weighted by atomic mass is 10.0. The fourth-order valence-corrected chi connectivity index (χ4v) is 3.99. The highest BCUT2D eigenvalue weighted by atomic mass is 19.1. The van der Waals surface area contributed by atoms with Crippen LogP contribution in [0.25, 0.3) is 22.0 Å². The molecule has 0 radical (unpaired) electrons. The van der Waals surface area contributed by atoms with Gasteiger partial charge in [0.2, 0.25) is 0 Å². The second-order valence-corrected chi connectivity index (χ2v) is 7.17. The van der Waals surface area contributed by atoms with Gasteiger partial charge in [0.05, 0.1) is 7.11 Å². The zero-order chi connectivity index (χ0) is 19.0.